The second-order valence-corrected chi connectivity index (χ2v) is 9.95. The summed E-state index contributed by atoms with van der Waals surface area (Å²) in [5.74, 6) is 2.62. The molecule has 3 aromatic carbocycles. The van der Waals surface area contributed by atoms with Gasteiger partial charge in [-0.15, -0.1) is 0 Å². The van der Waals surface area contributed by atoms with Crippen LogP contribution in [0.15, 0.2) is 60.7 Å². The smallest absolute Gasteiger partial charge is 0.255 e. The molecule has 7 heteroatoms. The van der Waals surface area contributed by atoms with Gasteiger partial charge >= 0.3 is 0 Å². The average molecular weight is 498 g/mol. The van der Waals surface area contributed by atoms with E-state index in [1.54, 1.807) is 0 Å². The Morgan fingerprint density at radius 2 is 1.68 bits per heavy atom. The maximum Gasteiger partial charge on any atom is 0.255 e. The Hall–Kier alpha value is -3.87. The van der Waals surface area contributed by atoms with Crippen LogP contribution in [0.1, 0.15) is 43.0 Å². The summed E-state index contributed by atoms with van der Waals surface area (Å²) in [5.41, 5.74) is 1.57. The SMILES string of the molecule is CCOc1ccc2ccccc2c1C(=O)NCC1CCC(Nc2nc(N(C)C)c3ccccc3n2)CC1. The minimum absolute atomic E-state index is 0.0683. The minimum atomic E-state index is -0.0683. The summed E-state index contributed by atoms with van der Waals surface area (Å²) < 4.78 is 5.79. The highest BCUT2D eigenvalue weighted by Gasteiger charge is 2.24. The van der Waals surface area contributed by atoms with Crippen LogP contribution in [-0.4, -0.2) is 49.2 Å². The van der Waals surface area contributed by atoms with Crippen molar-refractivity contribution >= 4 is 39.3 Å². The van der Waals surface area contributed by atoms with Gasteiger partial charge in [0.15, 0.2) is 0 Å². The van der Waals surface area contributed by atoms with Crippen molar-refractivity contribution in [1.29, 1.82) is 0 Å². The summed E-state index contributed by atoms with van der Waals surface area (Å²) in [6.45, 7) is 3.12. The zero-order valence-electron chi connectivity index (χ0n) is 21.8. The minimum Gasteiger partial charge on any atom is -0.493 e. The molecule has 1 aromatic heterocycles. The fourth-order valence-corrected chi connectivity index (χ4v) is 5.25. The number of para-hydroxylation sites is 1. The van der Waals surface area contributed by atoms with Crippen LogP contribution in [-0.2, 0) is 0 Å². The Kier molecular flexibility index (Phi) is 7.40. The van der Waals surface area contributed by atoms with Crippen molar-refractivity contribution < 1.29 is 9.53 Å². The number of carbonyl (C=O) groups excluding carboxylic acids is 1. The van der Waals surface area contributed by atoms with E-state index in [-0.39, 0.29) is 5.91 Å². The van der Waals surface area contributed by atoms with Gasteiger partial charge in [-0.25, -0.2) is 4.98 Å². The van der Waals surface area contributed by atoms with Crippen molar-refractivity contribution in [2.24, 2.45) is 5.92 Å². The van der Waals surface area contributed by atoms with Gasteiger partial charge in [0.05, 0.1) is 17.7 Å². The summed E-state index contributed by atoms with van der Waals surface area (Å²) >= 11 is 0. The van der Waals surface area contributed by atoms with E-state index in [0.717, 1.165) is 53.2 Å². The molecule has 5 rings (SSSR count). The highest BCUT2D eigenvalue weighted by molar-refractivity contribution is 6.09. The molecular formula is C30H35N5O2. The molecule has 0 radical (unpaired) electrons. The summed E-state index contributed by atoms with van der Waals surface area (Å²) in [6.07, 6.45) is 4.12. The molecule has 1 aliphatic carbocycles. The van der Waals surface area contributed by atoms with E-state index < -0.39 is 0 Å². The normalized spacial score (nSPS) is 17.5. The monoisotopic (exact) mass is 497 g/mol. The lowest BCUT2D eigenvalue weighted by Gasteiger charge is -2.29. The molecule has 0 saturated heterocycles. The maximum atomic E-state index is 13.3. The number of amides is 1. The predicted octanol–water partition coefficient (Wildman–Crippen LogP) is 5.65. The first-order valence-electron chi connectivity index (χ1n) is 13.2. The third-order valence-corrected chi connectivity index (χ3v) is 7.16. The fourth-order valence-electron chi connectivity index (χ4n) is 5.25. The van der Waals surface area contributed by atoms with Crippen molar-refractivity contribution in [2.75, 3.05) is 37.5 Å². The molecule has 37 heavy (non-hydrogen) atoms. The summed E-state index contributed by atoms with van der Waals surface area (Å²) in [4.78, 5) is 24.8. The van der Waals surface area contributed by atoms with Crippen molar-refractivity contribution in [3.05, 3.63) is 66.2 Å². The number of hydrogen-bond acceptors (Lipinski definition) is 6. The fraction of sp³-hybridized carbons (Fsp3) is 0.367. The van der Waals surface area contributed by atoms with Crippen molar-refractivity contribution in [2.45, 2.75) is 38.6 Å². The third kappa shape index (κ3) is 5.45. The van der Waals surface area contributed by atoms with E-state index in [1.165, 1.54) is 0 Å². The van der Waals surface area contributed by atoms with E-state index in [4.69, 9.17) is 14.7 Å². The number of nitrogens with one attached hydrogen (secondary N) is 2. The first kappa shape index (κ1) is 24.8. The lowest BCUT2D eigenvalue weighted by atomic mass is 9.86. The maximum absolute atomic E-state index is 13.3. The molecule has 0 spiro atoms. The number of ether oxygens (including phenoxy) is 1. The molecule has 0 aliphatic heterocycles. The van der Waals surface area contributed by atoms with Crippen LogP contribution in [0.4, 0.5) is 11.8 Å². The zero-order chi connectivity index (χ0) is 25.8. The number of rotatable bonds is 8. The zero-order valence-corrected chi connectivity index (χ0v) is 21.8. The first-order valence-corrected chi connectivity index (χ1v) is 13.2. The molecule has 2 N–H and O–H groups in total. The molecule has 1 amide bonds. The van der Waals surface area contributed by atoms with E-state index in [2.05, 4.69) is 16.7 Å². The van der Waals surface area contributed by atoms with Gasteiger partial charge in [-0.05, 0) is 67.5 Å². The number of hydrogen-bond donors (Lipinski definition) is 2. The van der Waals surface area contributed by atoms with Crippen molar-refractivity contribution in [3.8, 4) is 5.75 Å². The van der Waals surface area contributed by atoms with Gasteiger partial charge in [0, 0.05) is 32.1 Å². The topological polar surface area (TPSA) is 79.4 Å². The summed E-state index contributed by atoms with van der Waals surface area (Å²) in [6, 6.07) is 20.3. The van der Waals surface area contributed by atoms with E-state index >= 15 is 0 Å². The molecule has 192 valence electrons. The number of fused-ring (bicyclic) bond motifs is 2. The van der Waals surface area contributed by atoms with Crippen molar-refractivity contribution in [1.82, 2.24) is 15.3 Å². The average Bonchev–Trinajstić information content (AvgIpc) is 2.92. The number of nitrogens with zero attached hydrogens (tertiary/aromatic N) is 3. The summed E-state index contributed by atoms with van der Waals surface area (Å²) in [7, 11) is 4.02. The molecule has 0 atom stereocenters. The lowest BCUT2D eigenvalue weighted by molar-refractivity contribution is 0.0941. The van der Waals surface area contributed by atoms with Crippen molar-refractivity contribution in [3.63, 3.8) is 0 Å². The van der Waals surface area contributed by atoms with Crippen LogP contribution in [0.5, 0.6) is 5.75 Å². The molecule has 4 aromatic rings. The number of benzene rings is 3. The van der Waals surface area contributed by atoms with Crippen LogP contribution in [0.2, 0.25) is 0 Å². The van der Waals surface area contributed by atoms with Gasteiger partial charge in [-0.3, -0.25) is 4.79 Å². The Bertz CT molecular complexity index is 1400. The van der Waals surface area contributed by atoms with Gasteiger partial charge in [0.2, 0.25) is 5.95 Å². The highest BCUT2D eigenvalue weighted by Crippen LogP contribution is 2.30. The molecule has 1 saturated carbocycles. The first-order chi connectivity index (χ1) is 18.0. The molecule has 1 aliphatic rings. The Morgan fingerprint density at radius 3 is 2.43 bits per heavy atom. The molecule has 0 unspecified atom stereocenters. The van der Waals surface area contributed by atoms with E-state index in [0.29, 0.717) is 42.4 Å². The number of anilines is 2. The van der Waals surface area contributed by atoms with Crippen LogP contribution in [0.3, 0.4) is 0 Å². The molecule has 0 bridgehead atoms. The Balaban J connectivity index is 1.20. The highest BCUT2D eigenvalue weighted by atomic mass is 16.5. The second kappa shape index (κ2) is 11.0. The lowest BCUT2D eigenvalue weighted by Crippen LogP contribution is -2.34. The predicted molar refractivity (Wildman–Crippen MR) is 151 cm³/mol. The van der Waals surface area contributed by atoms with E-state index in [1.807, 2.05) is 80.5 Å². The van der Waals surface area contributed by atoms with Gasteiger partial charge in [0.1, 0.15) is 11.6 Å². The van der Waals surface area contributed by atoms with Crippen LogP contribution < -0.4 is 20.3 Å². The summed E-state index contributed by atoms with van der Waals surface area (Å²) in [5, 5.41) is 9.78. The molecular weight excluding hydrogens is 462 g/mol. The Labute approximate surface area is 218 Å². The van der Waals surface area contributed by atoms with E-state index in [9.17, 15) is 4.79 Å². The van der Waals surface area contributed by atoms with Gasteiger partial charge in [-0.1, -0.05) is 42.5 Å². The second-order valence-electron chi connectivity index (χ2n) is 9.95. The molecule has 1 heterocycles. The Morgan fingerprint density at radius 1 is 0.946 bits per heavy atom. The van der Waals surface area contributed by atoms with Gasteiger partial charge < -0.3 is 20.3 Å². The largest absolute Gasteiger partial charge is 0.493 e. The van der Waals surface area contributed by atoms with Gasteiger partial charge in [0.25, 0.3) is 5.91 Å². The third-order valence-electron chi connectivity index (χ3n) is 7.16. The standard InChI is InChI=1S/C30H35N5O2/c1-4-37-26-18-15-21-9-5-6-10-23(21)27(26)29(36)31-19-20-13-16-22(17-14-20)32-30-33-25-12-8-7-11-24(25)28(34-30)35(2)3/h5-12,15,18,20,22H,4,13-14,16-17,19H2,1-3H3,(H,31,36)(H,32,33,34). The van der Waals surface area contributed by atoms with Gasteiger partial charge in [-0.2, -0.15) is 4.98 Å². The quantitative estimate of drug-likeness (QED) is 0.328. The number of aromatic nitrogens is 2. The van der Waals surface area contributed by atoms with Crippen LogP contribution >= 0.6 is 0 Å². The number of carbonyl (C=O) groups is 1. The molecule has 1 fully saturated rings. The van der Waals surface area contributed by atoms with Crippen LogP contribution in [0, 0.1) is 5.92 Å². The molecule has 7 nitrogen and oxygen atoms in total. The van der Waals surface area contributed by atoms with Crippen LogP contribution in [0.25, 0.3) is 21.7 Å².